The second-order valence-corrected chi connectivity index (χ2v) is 7.37. The standard InChI is InChI=1S/C22H25N5O2/c1-25(2)18-6-4-17(5-7-18)20-15-27(12-13-29-20)22-24-19(14-21(28)26(22)3)16-8-10-23-11-9-16/h4-11,14,20H,12-13,15H2,1-3H3. The van der Waals surface area contributed by atoms with Crippen molar-refractivity contribution < 1.29 is 4.74 Å². The van der Waals surface area contributed by atoms with Gasteiger partial charge in [0.2, 0.25) is 5.95 Å². The Hall–Kier alpha value is -3.19. The first kappa shape index (κ1) is 19.1. The molecule has 1 aliphatic heterocycles. The smallest absolute Gasteiger partial charge is 0.255 e. The molecule has 1 fully saturated rings. The molecular formula is C22H25N5O2. The van der Waals surface area contributed by atoms with E-state index in [1.165, 1.54) is 0 Å². The molecule has 0 saturated carbocycles. The normalized spacial score (nSPS) is 16.7. The van der Waals surface area contributed by atoms with Gasteiger partial charge in [-0.25, -0.2) is 4.98 Å². The van der Waals surface area contributed by atoms with Crippen LogP contribution in [-0.4, -0.2) is 48.3 Å². The molecule has 29 heavy (non-hydrogen) atoms. The second-order valence-electron chi connectivity index (χ2n) is 7.37. The zero-order valence-electron chi connectivity index (χ0n) is 16.9. The van der Waals surface area contributed by atoms with Crippen LogP contribution in [0.5, 0.6) is 0 Å². The number of nitrogens with zero attached hydrogens (tertiary/aromatic N) is 5. The number of hydrogen-bond acceptors (Lipinski definition) is 6. The highest BCUT2D eigenvalue weighted by atomic mass is 16.5. The van der Waals surface area contributed by atoms with Crippen molar-refractivity contribution in [3.63, 3.8) is 0 Å². The van der Waals surface area contributed by atoms with Crippen LogP contribution in [0, 0.1) is 0 Å². The molecule has 1 aliphatic rings. The average molecular weight is 391 g/mol. The molecule has 2 aromatic heterocycles. The van der Waals surface area contributed by atoms with Crippen molar-refractivity contribution in [1.82, 2.24) is 14.5 Å². The molecule has 0 spiro atoms. The fourth-order valence-corrected chi connectivity index (χ4v) is 3.50. The van der Waals surface area contributed by atoms with Gasteiger partial charge in [0.1, 0.15) is 6.10 Å². The van der Waals surface area contributed by atoms with Gasteiger partial charge in [-0.1, -0.05) is 12.1 Å². The summed E-state index contributed by atoms with van der Waals surface area (Å²) in [6.45, 7) is 1.91. The Kier molecular flexibility index (Phi) is 5.31. The number of aromatic nitrogens is 3. The van der Waals surface area contributed by atoms with E-state index in [2.05, 4.69) is 39.0 Å². The van der Waals surface area contributed by atoms with Crippen LogP contribution in [0.2, 0.25) is 0 Å². The summed E-state index contributed by atoms with van der Waals surface area (Å²) in [7, 11) is 5.81. The molecule has 1 atom stereocenters. The van der Waals surface area contributed by atoms with Crippen LogP contribution < -0.4 is 15.4 Å². The number of morpholine rings is 1. The summed E-state index contributed by atoms with van der Waals surface area (Å²) in [5.41, 5.74) is 3.72. The molecule has 3 heterocycles. The van der Waals surface area contributed by atoms with Gasteiger partial charge in [0, 0.05) is 57.4 Å². The molecule has 150 valence electrons. The van der Waals surface area contributed by atoms with E-state index in [0.717, 1.165) is 16.8 Å². The summed E-state index contributed by atoms with van der Waals surface area (Å²) in [4.78, 5) is 25.6. The van der Waals surface area contributed by atoms with Crippen LogP contribution in [0.3, 0.4) is 0 Å². The van der Waals surface area contributed by atoms with E-state index in [9.17, 15) is 4.79 Å². The molecule has 4 rings (SSSR count). The SMILES string of the molecule is CN(C)c1ccc(C2CN(c3nc(-c4ccncc4)cc(=O)n3C)CCO2)cc1. The van der Waals surface area contributed by atoms with E-state index >= 15 is 0 Å². The maximum absolute atomic E-state index is 12.6. The lowest BCUT2D eigenvalue weighted by Gasteiger charge is -2.34. The summed E-state index contributed by atoms with van der Waals surface area (Å²) >= 11 is 0. The van der Waals surface area contributed by atoms with Crippen molar-refractivity contribution in [2.45, 2.75) is 6.10 Å². The Balaban J connectivity index is 1.62. The summed E-state index contributed by atoms with van der Waals surface area (Å²) < 4.78 is 7.62. The Bertz CT molecular complexity index is 1030. The molecule has 0 bridgehead atoms. The fourth-order valence-electron chi connectivity index (χ4n) is 3.50. The van der Waals surface area contributed by atoms with E-state index in [1.807, 2.05) is 26.2 Å². The lowest BCUT2D eigenvalue weighted by atomic mass is 10.1. The second kappa shape index (κ2) is 8.05. The van der Waals surface area contributed by atoms with Crippen LogP contribution in [0.4, 0.5) is 11.6 Å². The van der Waals surface area contributed by atoms with Crippen molar-refractivity contribution >= 4 is 11.6 Å². The fraction of sp³-hybridized carbons (Fsp3) is 0.318. The minimum Gasteiger partial charge on any atom is -0.378 e. The van der Waals surface area contributed by atoms with Crippen LogP contribution in [0.1, 0.15) is 11.7 Å². The average Bonchev–Trinajstić information content (AvgIpc) is 2.76. The first-order valence-electron chi connectivity index (χ1n) is 9.65. The predicted molar refractivity (Wildman–Crippen MR) is 114 cm³/mol. The topological polar surface area (TPSA) is 63.5 Å². The van der Waals surface area contributed by atoms with Crippen molar-refractivity contribution in [3.8, 4) is 11.3 Å². The number of pyridine rings is 1. The van der Waals surface area contributed by atoms with Gasteiger partial charge < -0.3 is 14.5 Å². The van der Waals surface area contributed by atoms with Gasteiger partial charge in [-0.15, -0.1) is 0 Å². The minimum absolute atomic E-state index is 0.0681. The third-order valence-corrected chi connectivity index (χ3v) is 5.22. The number of hydrogen-bond donors (Lipinski definition) is 0. The quantitative estimate of drug-likeness (QED) is 0.681. The van der Waals surface area contributed by atoms with Gasteiger partial charge in [0.15, 0.2) is 0 Å². The van der Waals surface area contributed by atoms with Crippen LogP contribution in [0.25, 0.3) is 11.3 Å². The zero-order chi connectivity index (χ0) is 20.4. The van der Waals surface area contributed by atoms with Gasteiger partial charge in [0.25, 0.3) is 5.56 Å². The van der Waals surface area contributed by atoms with Gasteiger partial charge in [-0.05, 0) is 29.8 Å². The summed E-state index contributed by atoms with van der Waals surface area (Å²) in [5.74, 6) is 0.655. The zero-order valence-corrected chi connectivity index (χ0v) is 16.9. The minimum atomic E-state index is -0.0832. The molecule has 1 saturated heterocycles. The van der Waals surface area contributed by atoms with E-state index < -0.39 is 0 Å². The van der Waals surface area contributed by atoms with Crippen molar-refractivity contribution in [1.29, 1.82) is 0 Å². The molecule has 7 nitrogen and oxygen atoms in total. The van der Waals surface area contributed by atoms with Gasteiger partial charge >= 0.3 is 0 Å². The lowest BCUT2D eigenvalue weighted by molar-refractivity contribution is 0.0390. The summed E-state index contributed by atoms with van der Waals surface area (Å²) in [5, 5.41) is 0. The Morgan fingerprint density at radius 1 is 1.10 bits per heavy atom. The van der Waals surface area contributed by atoms with Gasteiger partial charge in [-0.2, -0.15) is 0 Å². The highest BCUT2D eigenvalue weighted by Gasteiger charge is 2.25. The van der Waals surface area contributed by atoms with Crippen molar-refractivity contribution in [3.05, 3.63) is 70.8 Å². The molecule has 0 amide bonds. The van der Waals surface area contributed by atoms with Gasteiger partial charge in [0.05, 0.1) is 18.8 Å². The molecule has 1 aromatic carbocycles. The van der Waals surface area contributed by atoms with E-state index in [-0.39, 0.29) is 11.7 Å². The molecular weight excluding hydrogens is 366 g/mol. The Morgan fingerprint density at radius 2 is 1.83 bits per heavy atom. The van der Waals surface area contributed by atoms with E-state index in [1.54, 1.807) is 30.1 Å². The molecule has 7 heteroatoms. The number of rotatable bonds is 4. The third-order valence-electron chi connectivity index (χ3n) is 5.22. The summed E-state index contributed by atoms with van der Waals surface area (Å²) in [6, 6.07) is 13.7. The summed E-state index contributed by atoms with van der Waals surface area (Å²) in [6.07, 6.45) is 3.34. The van der Waals surface area contributed by atoms with E-state index in [4.69, 9.17) is 9.72 Å². The number of anilines is 2. The number of benzene rings is 1. The van der Waals surface area contributed by atoms with Crippen LogP contribution in [-0.2, 0) is 11.8 Å². The molecule has 0 radical (unpaired) electrons. The molecule has 0 N–H and O–H groups in total. The molecule has 1 unspecified atom stereocenters. The monoisotopic (exact) mass is 391 g/mol. The Labute approximate surface area is 170 Å². The van der Waals surface area contributed by atoms with Gasteiger partial charge in [-0.3, -0.25) is 14.3 Å². The maximum Gasteiger partial charge on any atom is 0.255 e. The first-order valence-corrected chi connectivity index (χ1v) is 9.65. The lowest BCUT2D eigenvalue weighted by Crippen LogP contribution is -2.41. The van der Waals surface area contributed by atoms with Crippen LogP contribution in [0.15, 0.2) is 59.7 Å². The van der Waals surface area contributed by atoms with Crippen molar-refractivity contribution in [2.24, 2.45) is 7.05 Å². The largest absolute Gasteiger partial charge is 0.378 e. The highest BCUT2D eigenvalue weighted by molar-refractivity contribution is 5.59. The Morgan fingerprint density at radius 3 is 2.52 bits per heavy atom. The molecule has 0 aliphatic carbocycles. The first-order chi connectivity index (χ1) is 14.0. The van der Waals surface area contributed by atoms with E-state index in [0.29, 0.717) is 31.3 Å². The highest BCUT2D eigenvalue weighted by Crippen LogP contribution is 2.27. The number of ether oxygens (including phenoxy) is 1. The predicted octanol–water partition coefficient (Wildman–Crippen LogP) is 2.49. The molecule has 3 aromatic rings. The van der Waals surface area contributed by atoms with Crippen molar-refractivity contribution in [2.75, 3.05) is 43.6 Å². The maximum atomic E-state index is 12.6. The van der Waals surface area contributed by atoms with Crippen LogP contribution >= 0.6 is 0 Å². The third kappa shape index (κ3) is 4.00.